The number of hydrogen-bond donors (Lipinski definition) is 1. The zero-order valence-electron chi connectivity index (χ0n) is 13.2. The molecule has 2 aromatic rings. The lowest BCUT2D eigenvalue weighted by atomic mass is 10.2. The summed E-state index contributed by atoms with van der Waals surface area (Å²) in [5, 5.41) is 4.39. The summed E-state index contributed by atoms with van der Waals surface area (Å²) in [6.07, 6.45) is -1.35. The van der Waals surface area contributed by atoms with E-state index in [-0.39, 0.29) is 29.6 Å². The highest BCUT2D eigenvalue weighted by atomic mass is 32.1. The minimum Gasteiger partial charge on any atom is -0.471 e. The summed E-state index contributed by atoms with van der Waals surface area (Å²) in [4.78, 5) is 31.6. The predicted molar refractivity (Wildman–Crippen MR) is 86.1 cm³/mol. The van der Waals surface area contributed by atoms with Crippen molar-refractivity contribution in [1.82, 2.24) is 9.97 Å². The fourth-order valence-corrected chi connectivity index (χ4v) is 2.50. The summed E-state index contributed by atoms with van der Waals surface area (Å²) in [5.74, 6) is -1.21. The molecular formula is C15H15F2N3O4S. The van der Waals surface area contributed by atoms with E-state index in [0.717, 1.165) is 11.3 Å². The van der Waals surface area contributed by atoms with Gasteiger partial charge in [-0.1, -0.05) is 0 Å². The number of carbonyl (C=O) groups excluding carboxylic acids is 2. The molecule has 1 amide bonds. The third-order valence-corrected chi connectivity index (χ3v) is 3.57. The molecule has 25 heavy (non-hydrogen) atoms. The number of rotatable bonds is 8. The smallest absolute Gasteiger partial charge is 0.311 e. The fraction of sp³-hybridized carbons (Fsp3) is 0.333. The van der Waals surface area contributed by atoms with Crippen LogP contribution in [0, 0.1) is 0 Å². The summed E-state index contributed by atoms with van der Waals surface area (Å²) in [6, 6.07) is 2.88. The average molecular weight is 371 g/mol. The third kappa shape index (κ3) is 5.75. The van der Waals surface area contributed by atoms with Crippen molar-refractivity contribution in [2.45, 2.75) is 19.8 Å². The molecule has 0 aliphatic carbocycles. The van der Waals surface area contributed by atoms with Gasteiger partial charge < -0.3 is 9.47 Å². The molecule has 7 nitrogen and oxygen atoms in total. The molecule has 2 heterocycles. The van der Waals surface area contributed by atoms with E-state index in [1.807, 2.05) is 0 Å². The lowest BCUT2D eigenvalue weighted by Crippen LogP contribution is -2.16. The predicted octanol–water partition coefficient (Wildman–Crippen LogP) is 2.54. The standard InChI is InChI=1S/C15H15F2N3O4S/c1-2-23-12(21)6-9-8-25-15(19-9)20-13(22)10-4-3-5-18-14(10)24-7-11(16)17/h3-5,8,11H,2,6-7H2,1H3,(H,19,20,22). The second kappa shape index (κ2) is 9.02. The third-order valence-electron chi connectivity index (χ3n) is 2.76. The van der Waals surface area contributed by atoms with Crippen LogP contribution in [0.3, 0.4) is 0 Å². The van der Waals surface area contributed by atoms with Crippen LogP contribution in [0.15, 0.2) is 23.7 Å². The van der Waals surface area contributed by atoms with E-state index in [1.54, 1.807) is 12.3 Å². The van der Waals surface area contributed by atoms with Crippen LogP contribution in [0.1, 0.15) is 23.0 Å². The average Bonchev–Trinajstić information content (AvgIpc) is 3.00. The molecule has 0 bridgehead atoms. The molecule has 0 aliphatic rings. The Bertz CT molecular complexity index is 739. The van der Waals surface area contributed by atoms with Crippen molar-refractivity contribution < 1.29 is 27.8 Å². The zero-order valence-corrected chi connectivity index (χ0v) is 14.0. The maximum absolute atomic E-state index is 12.3. The number of aromatic nitrogens is 2. The van der Waals surface area contributed by atoms with Gasteiger partial charge >= 0.3 is 5.97 Å². The molecule has 0 fully saturated rings. The van der Waals surface area contributed by atoms with Gasteiger partial charge in [0.05, 0.1) is 18.7 Å². The Morgan fingerprint density at radius 1 is 1.40 bits per heavy atom. The first-order valence-corrected chi connectivity index (χ1v) is 8.15. The number of carbonyl (C=O) groups is 2. The monoisotopic (exact) mass is 371 g/mol. The number of pyridine rings is 1. The van der Waals surface area contributed by atoms with E-state index in [9.17, 15) is 18.4 Å². The number of alkyl halides is 2. The normalized spacial score (nSPS) is 10.6. The van der Waals surface area contributed by atoms with Crippen LogP contribution in [0.4, 0.5) is 13.9 Å². The van der Waals surface area contributed by atoms with Gasteiger partial charge in [-0.05, 0) is 19.1 Å². The van der Waals surface area contributed by atoms with Gasteiger partial charge in [0.2, 0.25) is 5.88 Å². The quantitative estimate of drug-likeness (QED) is 0.717. The molecule has 0 atom stereocenters. The number of anilines is 1. The van der Waals surface area contributed by atoms with Crippen molar-refractivity contribution in [2.24, 2.45) is 0 Å². The largest absolute Gasteiger partial charge is 0.471 e. The van der Waals surface area contributed by atoms with Gasteiger partial charge in [0.15, 0.2) is 11.7 Å². The van der Waals surface area contributed by atoms with Crippen LogP contribution in [-0.4, -0.2) is 41.5 Å². The molecule has 0 saturated heterocycles. The van der Waals surface area contributed by atoms with E-state index in [0.29, 0.717) is 5.69 Å². The summed E-state index contributed by atoms with van der Waals surface area (Å²) in [6.45, 7) is 1.11. The topological polar surface area (TPSA) is 90.4 Å². The van der Waals surface area contributed by atoms with Gasteiger partial charge in [-0.2, -0.15) is 0 Å². The first-order valence-electron chi connectivity index (χ1n) is 7.27. The summed E-state index contributed by atoms with van der Waals surface area (Å²) in [5.41, 5.74) is 0.462. The number of ether oxygens (including phenoxy) is 2. The van der Waals surface area contributed by atoms with Crippen molar-refractivity contribution in [3.8, 4) is 5.88 Å². The number of nitrogens with zero attached hydrogens (tertiary/aromatic N) is 2. The number of nitrogens with one attached hydrogen (secondary N) is 1. The summed E-state index contributed by atoms with van der Waals surface area (Å²) >= 11 is 1.12. The lowest BCUT2D eigenvalue weighted by molar-refractivity contribution is -0.142. The van der Waals surface area contributed by atoms with Crippen molar-refractivity contribution in [3.63, 3.8) is 0 Å². The zero-order chi connectivity index (χ0) is 18.2. The highest BCUT2D eigenvalue weighted by Gasteiger charge is 2.17. The maximum Gasteiger partial charge on any atom is 0.311 e. The van der Waals surface area contributed by atoms with Gasteiger partial charge in [0, 0.05) is 11.6 Å². The molecule has 0 unspecified atom stereocenters. The van der Waals surface area contributed by atoms with E-state index in [1.165, 1.54) is 18.3 Å². The Morgan fingerprint density at radius 2 is 2.20 bits per heavy atom. The van der Waals surface area contributed by atoms with Crippen LogP contribution < -0.4 is 10.1 Å². The number of hydrogen-bond acceptors (Lipinski definition) is 7. The number of halogens is 2. The van der Waals surface area contributed by atoms with Gasteiger partial charge in [0.1, 0.15) is 5.56 Å². The minimum absolute atomic E-state index is 0.00411. The first-order chi connectivity index (χ1) is 12.0. The first kappa shape index (κ1) is 18.7. The highest BCUT2D eigenvalue weighted by molar-refractivity contribution is 7.14. The van der Waals surface area contributed by atoms with Crippen molar-refractivity contribution in [3.05, 3.63) is 35.0 Å². The van der Waals surface area contributed by atoms with Gasteiger partial charge in [-0.3, -0.25) is 14.9 Å². The molecular weight excluding hydrogens is 356 g/mol. The van der Waals surface area contributed by atoms with Gasteiger partial charge in [0.25, 0.3) is 12.3 Å². The number of thiazole rings is 1. The lowest BCUT2D eigenvalue weighted by Gasteiger charge is -2.09. The van der Waals surface area contributed by atoms with Crippen LogP contribution in [0.2, 0.25) is 0 Å². The van der Waals surface area contributed by atoms with Crippen LogP contribution in [0.5, 0.6) is 5.88 Å². The molecule has 2 aromatic heterocycles. The molecule has 0 saturated carbocycles. The summed E-state index contributed by atoms with van der Waals surface area (Å²) < 4.78 is 34.2. The Balaban J connectivity index is 2.03. The van der Waals surface area contributed by atoms with Crippen LogP contribution in [-0.2, 0) is 16.0 Å². The van der Waals surface area contributed by atoms with E-state index >= 15 is 0 Å². The molecule has 2 rings (SSSR count). The second-order valence-corrected chi connectivity index (χ2v) is 5.50. The van der Waals surface area contributed by atoms with Gasteiger partial charge in [-0.25, -0.2) is 18.7 Å². The second-order valence-electron chi connectivity index (χ2n) is 4.64. The molecule has 0 radical (unpaired) electrons. The van der Waals surface area contributed by atoms with Crippen molar-refractivity contribution in [2.75, 3.05) is 18.5 Å². The Morgan fingerprint density at radius 3 is 2.92 bits per heavy atom. The molecule has 0 aromatic carbocycles. The molecule has 10 heteroatoms. The van der Waals surface area contributed by atoms with Crippen LogP contribution in [0.25, 0.3) is 0 Å². The van der Waals surface area contributed by atoms with Crippen LogP contribution >= 0.6 is 11.3 Å². The summed E-state index contributed by atoms with van der Waals surface area (Å²) in [7, 11) is 0. The SMILES string of the molecule is CCOC(=O)Cc1csc(NC(=O)c2cccnc2OCC(F)F)n1. The van der Waals surface area contributed by atoms with E-state index in [4.69, 9.17) is 9.47 Å². The number of esters is 1. The Hall–Kier alpha value is -2.62. The van der Waals surface area contributed by atoms with E-state index in [2.05, 4.69) is 15.3 Å². The molecule has 0 aliphatic heterocycles. The fourth-order valence-electron chi connectivity index (χ4n) is 1.79. The minimum atomic E-state index is -2.68. The van der Waals surface area contributed by atoms with Gasteiger partial charge in [-0.15, -0.1) is 11.3 Å². The molecule has 1 N–H and O–H groups in total. The molecule has 0 spiro atoms. The number of amides is 1. The Kier molecular flexibility index (Phi) is 6.75. The molecule has 134 valence electrons. The van der Waals surface area contributed by atoms with Crippen molar-refractivity contribution >= 4 is 28.3 Å². The highest BCUT2D eigenvalue weighted by Crippen LogP contribution is 2.20. The van der Waals surface area contributed by atoms with Crippen molar-refractivity contribution in [1.29, 1.82) is 0 Å². The van der Waals surface area contributed by atoms with E-state index < -0.39 is 24.9 Å². The maximum atomic E-state index is 12.3. The Labute approximate surface area is 146 Å².